The average Bonchev–Trinajstić information content (AvgIpc) is 3.02. The van der Waals surface area contributed by atoms with E-state index in [4.69, 9.17) is 22.1 Å². The minimum atomic E-state index is -4.62. The lowest BCUT2D eigenvalue weighted by atomic mass is 10.0. The van der Waals surface area contributed by atoms with E-state index in [9.17, 15) is 17.6 Å². The molecule has 0 saturated carbocycles. The fraction of sp³-hybridized carbons (Fsp3) is 0.667. The van der Waals surface area contributed by atoms with Crippen LogP contribution in [0.1, 0.15) is 24.9 Å². The van der Waals surface area contributed by atoms with E-state index in [1.165, 1.54) is 10.9 Å². The van der Waals surface area contributed by atoms with Crippen molar-refractivity contribution in [2.24, 2.45) is 10.7 Å². The van der Waals surface area contributed by atoms with Crippen LogP contribution in [-0.2, 0) is 10.5 Å². The van der Waals surface area contributed by atoms with Crippen LogP contribution in [0.15, 0.2) is 22.6 Å². The van der Waals surface area contributed by atoms with Crippen LogP contribution in [0.3, 0.4) is 0 Å². The van der Waals surface area contributed by atoms with Gasteiger partial charge >= 0.3 is 6.18 Å². The monoisotopic (exact) mass is 465 g/mol. The standard InChI is InChI=1S/C18H24ClF4N7O/c1-2-25-16-12(17(21,22)23)5-26-18(24,28-16)11-6-27-30(15(11)19)14-3-4-29(7-13(14)20)10-8-31-9-10/h5-6,10,13-14,25,28H,2-4,7-9,24H2,1H3. The molecule has 0 amide bonds. The van der Waals surface area contributed by atoms with Gasteiger partial charge in [-0.2, -0.15) is 18.3 Å². The molecule has 4 N–H and O–H groups in total. The van der Waals surface area contributed by atoms with Crippen molar-refractivity contribution >= 4 is 17.8 Å². The van der Waals surface area contributed by atoms with E-state index in [-0.39, 0.29) is 35.7 Å². The zero-order valence-corrected chi connectivity index (χ0v) is 17.5. The molecule has 172 valence electrons. The Balaban J connectivity index is 1.55. The molecule has 3 aliphatic rings. The largest absolute Gasteiger partial charge is 0.421 e. The van der Waals surface area contributed by atoms with Gasteiger partial charge in [-0.05, 0) is 13.3 Å². The fourth-order valence-corrected chi connectivity index (χ4v) is 4.34. The lowest BCUT2D eigenvalue weighted by Gasteiger charge is -2.42. The molecule has 0 aliphatic carbocycles. The molecule has 0 spiro atoms. The predicted molar refractivity (Wildman–Crippen MR) is 106 cm³/mol. The number of likely N-dealkylation sites (tertiary alicyclic amines) is 1. The van der Waals surface area contributed by atoms with Crippen LogP contribution in [0.5, 0.6) is 0 Å². The van der Waals surface area contributed by atoms with Gasteiger partial charge in [-0.1, -0.05) is 11.6 Å². The van der Waals surface area contributed by atoms with E-state index in [1.807, 2.05) is 4.90 Å². The third-order valence-corrected chi connectivity index (χ3v) is 6.15. The first kappa shape index (κ1) is 22.3. The van der Waals surface area contributed by atoms with Gasteiger partial charge in [0.25, 0.3) is 0 Å². The maximum absolute atomic E-state index is 15.0. The molecule has 2 fully saturated rings. The molecule has 8 nitrogen and oxygen atoms in total. The number of aliphatic imine (C=N–C) groups is 1. The summed E-state index contributed by atoms with van der Waals surface area (Å²) >= 11 is 6.48. The van der Waals surface area contributed by atoms with E-state index in [0.717, 1.165) is 0 Å². The zero-order valence-electron chi connectivity index (χ0n) is 16.8. The molecule has 3 unspecified atom stereocenters. The number of allylic oxidation sites excluding steroid dienone is 1. The first-order valence-corrected chi connectivity index (χ1v) is 10.4. The van der Waals surface area contributed by atoms with Crippen LogP contribution in [-0.4, -0.2) is 72.1 Å². The summed E-state index contributed by atoms with van der Waals surface area (Å²) in [7, 11) is 0. The normalized spacial score (nSPS) is 30.3. The Bertz CT molecular complexity index is 885. The summed E-state index contributed by atoms with van der Waals surface area (Å²) in [6, 6.07) is -0.376. The van der Waals surface area contributed by atoms with Crippen molar-refractivity contribution in [1.29, 1.82) is 0 Å². The quantitative estimate of drug-likeness (QED) is 0.573. The molecule has 0 bridgehead atoms. The van der Waals surface area contributed by atoms with Gasteiger partial charge in [-0.15, -0.1) is 0 Å². The Kier molecular flexibility index (Phi) is 5.92. The highest BCUT2D eigenvalue weighted by atomic mass is 35.5. The van der Waals surface area contributed by atoms with Gasteiger partial charge in [0.1, 0.15) is 22.7 Å². The molecule has 4 rings (SSSR count). The van der Waals surface area contributed by atoms with Gasteiger partial charge in [0.2, 0.25) is 5.79 Å². The van der Waals surface area contributed by atoms with Crippen LogP contribution in [0.25, 0.3) is 0 Å². The van der Waals surface area contributed by atoms with Crippen molar-refractivity contribution in [2.75, 3.05) is 32.8 Å². The summed E-state index contributed by atoms with van der Waals surface area (Å²) in [6.45, 7) is 3.98. The summed E-state index contributed by atoms with van der Waals surface area (Å²) in [6.07, 6.45) is -3.38. The molecular weight excluding hydrogens is 442 g/mol. The number of alkyl halides is 4. The molecule has 3 aliphatic heterocycles. The SMILES string of the molecule is CCNC1=C(C(F)(F)F)C=NC(N)(c2cnn(C3CCN(C4COC4)CC3F)c2Cl)N1. The molecule has 1 aromatic rings. The first-order chi connectivity index (χ1) is 14.6. The smallest absolute Gasteiger partial charge is 0.378 e. The molecule has 13 heteroatoms. The van der Waals surface area contributed by atoms with Gasteiger partial charge in [0, 0.05) is 25.8 Å². The highest BCUT2D eigenvalue weighted by Crippen LogP contribution is 2.36. The second-order valence-electron chi connectivity index (χ2n) is 7.82. The van der Waals surface area contributed by atoms with Gasteiger partial charge in [0.05, 0.1) is 37.1 Å². The van der Waals surface area contributed by atoms with Crippen LogP contribution in [0.2, 0.25) is 5.15 Å². The highest BCUT2D eigenvalue weighted by Gasteiger charge is 2.44. The second-order valence-corrected chi connectivity index (χ2v) is 8.18. The molecule has 4 heterocycles. The van der Waals surface area contributed by atoms with Crippen molar-refractivity contribution in [1.82, 2.24) is 25.3 Å². The zero-order chi connectivity index (χ0) is 22.4. The number of nitrogens with one attached hydrogen (secondary N) is 2. The third-order valence-electron chi connectivity index (χ3n) is 5.78. The minimum Gasteiger partial charge on any atom is -0.378 e. The Morgan fingerprint density at radius 3 is 2.74 bits per heavy atom. The summed E-state index contributed by atoms with van der Waals surface area (Å²) < 4.78 is 61.3. The molecule has 2 saturated heterocycles. The Hall–Kier alpha value is -1.89. The van der Waals surface area contributed by atoms with Crippen molar-refractivity contribution in [2.45, 2.75) is 43.6 Å². The van der Waals surface area contributed by atoms with Gasteiger partial charge < -0.3 is 15.4 Å². The fourth-order valence-electron chi connectivity index (χ4n) is 3.98. The Morgan fingerprint density at radius 1 is 1.42 bits per heavy atom. The number of halogens is 5. The lowest BCUT2D eigenvalue weighted by Crippen LogP contribution is -2.55. The molecule has 3 atom stereocenters. The maximum atomic E-state index is 15.0. The van der Waals surface area contributed by atoms with Crippen molar-refractivity contribution < 1.29 is 22.3 Å². The lowest BCUT2D eigenvalue weighted by molar-refractivity contribution is -0.0876. The number of hydrogen-bond acceptors (Lipinski definition) is 7. The number of hydrogen-bond donors (Lipinski definition) is 3. The van der Waals surface area contributed by atoms with Gasteiger partial charge in [-0.25, -0.2) is 14.1 Å². The summed E-state index contributed by atoms with van der Waals surface area (Å²) in [4.78, 5) is 5.92. The highest BCUT2D eigenvalue weighted by molar-refractivity contribution is 6.30. The number of nitrogens with zero attached hydrogens (tertiary/aromatic N) is 4. The Labute approximate surface area is 181 Å². The van der Waals surface area contributed by atoms with Crippen molar-refractivity contribution in [3.63, 3.8) is 0 Å². The number of ether oxygens (including phenoxy) is 1. The first-order valence-electron chi connectivity index (χ1n) is 10.0. The van der Waals surface area contributed by atoms with Crippen LogP contribution in [0.4, 0.5) is 17.6 Å². The second kappa shape index (κ2) is 8.23. The number of aromatic nitrogens is 2. The van der Waals surface area contributed by atoms with Crippen LogP contribution in [0, 0.1) is 0 Å². The van der Waals surface area contributed by atoms with Gasteiger partial charge in [0.15, 0.2) is 0 Å². The summed E-state index contributed by atoms with van der Waals surface area (Å²) in [5, 5.41) is 9.44. The Morgan fingerprint density at radius 2 is 2.16 bits per heavy atom. The predicted octanol–water partition coefficient (Wildman–Crippen LogP) is 1.65. The molecule has 31 heavy (non-hydrogen) atoms. The molecule has 1 aromatic heterocycles. The van der Waals surface area contributed by atoms with E-state index in [0.29, 0.717) is 32.4 Å². The van der Waals surface area contributed by atoms with E-state index in [2.05, 4.69) is 20.7 Å². The van der Waals surface area contributed by atoms with Gasteiger partial charge in [-0.3, -0.25) is 10.6 Å². The number of nitrogens with two attached hydrogens (primary N) is 1. The van der Waals surface area contributed by atoms with Crippen LogP contribution < -0.4 is 16.4 Å². The van der Waals surface area contributed by atoms with Crippen LogP contribution >= 0.6 is 11.6 Å². The molecule has 0 radical (unpaired) electrons. The van der Waals surface area contributed by atoms with E-state index in [1.54, 1.807) is 6.92 Å². The molecular formula is C18H24ClF4N7O. The summed E-state index contributed by atoms with van der Waals surface area (Å²) in [5.74, 6) is -2.09. The minimum absolute atomic E-state index is 0.0338. The number of rotatable bonds is 5. The number of piperidine rings is 1. The van der Waals surface area contributed by atoms with Crippen molar-refractivity contribution in [3.8, 4) is 0 Å². The van der Waals surface area contributed by atoms with Crippen molar-refractivity contribution in [3.05, 3.63) is 28.3 Å². The average molecular weight is 466 g/mol. The topological polar surface area (TPSA) is 92.7 Å². The third kappa shape index (κ3) is 4.13. The van der Waals surface area contributed by atoms with E-state index < -0.39 is 29.7 Å². The maximum Gasteiger partial charge on any atom is 0.421 e. The summed E-state index contributed by atoms with van der Waals surface area (Å²) in [5.41, 5.74) is 5.45. The van der Waals surface area contributed by atoms with E-state index >= 15 is 0 Å². The molecule has 0 aromatic carbocycles.